The van der Waals surface area contributed by atoms with Crippen LogP contribution in [0.3, 0.4) is 0 Å². The molecule has 0 radical (unpaired) electrons. The quantitative estimate of drug-likeness (QED) is 0.775. The normalized spacial score (nSPS) is 21.5. The summed E-state index contributed by atoms with van der Waals surface area (Å²) in [6.07, 6.45) is 3.87. The van der Waals surface area contributed by atoms with Crippen molar-refractivity contribution in [1.29, 1.82) is 0 Å². The van der Waals surface area contributed by atoms with Gasteiger partial charge >= 0.3 is 0 Å². The summed E-state index contributed by atoms with van der Waals surface area (Å²) in [5.41, 5.74) is 1.70. The molecule has 1 aliphatic heterocycles. The maximum absolute atomic E-state index is 12.0. The molecule has 1 saturated heterocycles. The first-order chi connectivity index (χ1) is 6.83. The van der Waals surface area contributed by atoms with Gasteiger partial charge in [-0.3, -0.25) is 9.78 Å². The van der Waals surface area contributed by atoms with Crippen molar-refractivity contribution in [2.75, 3.05) is 11.9 Å². The summed E-state index contributed by atoms with van der Waals surface area (Å²) in [6, 6.07) is 0.365. The Morgan fingerprint density at radius 2 is 2.64 bits per heavy atom. The molecule has 1 atom stereocenters. The molecule has 0 aromatic carbocycles. The zero-order valence-electron chi connectivity index (χ0n) is 7.65. The van der Waals surface area contributed by atoms with Crippen LogP contribution in [0.1, 0.15) is 22.5 Å². The molecule has 1 aliphatic rings. The number of carbonyl (C=O) groups is 1. The lowest BCUT2D eigenvalue weighted by atomic mass is 10.2. The highest BCUT2D eigenvalue weighted by Crippen LogP contribution is 2.22. The molecule has 1 aromatic rings. The predicted octanol–water partition coefficient (Wildman–Crippen LogP) is 2.14. The Morgan fingerprint density at radius 3 is 3.29 bits per heavy atom. The van der Waals surface area contributed by atoms with Gasteiger partial charge in [0.15, 0.2) is 0 Å². The van der Waals surface area contributed by atoms with Gasteiger partial charge in [0.2, 0.25) is 0 Å². The fourth-order valence-corrected chi connectivity index (χ4v) is 2.97. The molecular weight excluding hydrogens is 264 g/mol. The highest BCUT2D eigenvalue weighted by atomic mass is 79.9. The fraction of sp³-hybridized carbons (Fsp3) is 0.556. The Bertz CT molecular complexity index is 315. The molecule has 2 heterocycles. The average Bonchev–Trinajstić information content (AvgIpc) is 2.87. The van der Waals surface area contributed by atoms with Gasteiger partial charge in [-0.2, -0.15) is 0 Å². The predicted molar refractivity (Wildman–Crippen MR) is 60.0 cm³/mol. The van der Waals surface area contributed by atoms with Crippen LogP contribution in [0.4, 0.5) is 0 Å². The summed E-state index contributed by atoms with van der Waals surface area (Å²) in [5.74, 6) is 0.134. The number of hydrogen-bond donors (Lipinski definition) is 0. The Kier molecular flexibility index (Phi) is 3.18. The minimum absolute atomic E-state index is 0.134. The van der Waals surface area contributed by atoms with E-state index in [2.05, 4.69) is 20.9 Å². The van der Waals surface area contributed by atoms with Crippen molar-refractivity contribution in [3.63, 3.8) is 0 Å². The van der Waals surface area contributed by atoms with E-state index in [1.165, 1.54) is 11.3 Å². The minimum atomic E-state index is 0.134. The molecule has 1 aromatic heterocycles. The van der Waals surface area contributed by atoms with Gasteiger partial charge in [0, 0.05) is 17.9 Å². The van der Waals surface area contributed by atoms with Crippen LogP contribution in [0.2, 0.25) is 0 Å². The summed E-state index contributed by atoms with van der Waals surface area (Å²) < 4.78 is 0. The third-order valence-electron chi connectivity index (χ3n) is 2.46. The van der Waals surface area contributed by atoms with E-state index >= 15 is 0 Å². The van der Waals surface area contributed by atoms with Gasteiger partial charge in [0.25, 0.3) is 5.91 Å². The SMILES string of the molecule is O=C(c1cncs1)N1CCCC1CBr. The molecule has 1 amide bonds. The van der Waals surface area contributed by atoms with Crippen molar-refractivity contribution in [3.05, 3.63) is 16.6 Å². The molecule has 76 valence electrons. The Balaban J connectivity index is 2.11. The van der Waals surface area contributed by atoms with Gasteiger partial charge in [-0.1, -0.05) is 15.9 Å². The number of likely N-dealkylation sites (tertiary alicyclic amines) is 1. The lowest BCUT2D eigenvalue weighted by Crippen LogP contribution is -2.35. The second kappa shape index (κ2) is 4.40. The number of alkyl halides is 1. The van der Waals surface area contributed by atoms with Crippen LogP contribution < -0.4 is 0 Å². The maximum atomic E-state index is 12.0. The highest BCUT2D eigenvalue weighted by molar-refractivity contribution is 9.09. The van der Waals surface area contributed by atoms with Crippen LogP contribution in [-0.2, 0) is 0 Å². The van der Waals surface area contributed by atoms with E-state index in [1.807, 2.05) is 4.90 Å². The number of nitrogens with zero attached hydrogens (tertiary/aromatic N) is 2. The van der Waals surface area contributed by atoms with E-state index in [9.17, 15) is 4.79 Å². The van der Waals surface area contributed by atoms with Gasteiger partial charge in [0.1, 0.15) is 4.88 Å². The summed E-state index contributed by atoms with van der Waals surface area (Å²) >= 11 is 4.85. The Morgan fingerprint density at radius 1 is 1.79 bits per heavy atom. The van der Waals surface area contributed by atoms with Crippen molar-refractivity contribution in [3.8, 4) is 0 Å². The van der Waals surface area contributed by atoms with Gasteiger partial charge < -0.3 is 4.90 Å². The zero-order valence-corrected chi connectivity index (χ0v) is 10.1. The number of halogens is 1. The Labute approximate surface area is 95.3 Å². The van der Waals surface area contributed by atoms with Crippen LogP contribution in [-0.4, -0.2) is 33.7 Å². The number of amides is 1. The second-order valence-electron chi connectivity index (χ2n) is 3.31. The van der Waals surface area contributed by atoms with Gasteiger partial charge in [0.05, 0.1) is 11.7 Å². The topological polar surface area (TPSA) is 33.2 Å². The molecule has 0 aliphatic carbocycles. The number of carbonyl (C=O) groups excluding carboxylic acids is 1. The van der Waals surface area contributed by atoms with Crippen LogP contribution in [0.25, 0.3) is 0 Å². The van der Waals surface area contributed by atoms with Crippen LogP contribution in [0.5, 0.6) is 0 Å². The summed E-state index contributed by atoms with van der Waals surface area (Å²) in [6.45, 7) is 0.882. The maximum Gasteiger partial charge on any atom is 0.265 e. The molecule has 1 unspecified atom stereocenters. The number of thiazole rings is 1. The number of rotatable bonds is 2. The van der Waals surface area contributed by atoms with Crippen molar-refractivity contribution < 1.29 is 4.79 Å². The second-order valence-corrected chi connectivity index (χ2v) is 4.85. The fourth-order valence-electron chi connectivity index (χ4n) is 1.73. The number of aromatic nitrogens is 1. The summed E-state index contributed by atoms with van der Waals surface area (Å²) in [7, 11) is 0. The molecular formula is C9H11BrN2OS. The van der Waals surface area contributed by atoms with E-state index in [0.29, 0.717) is 6.04 Å². The van der Waals surface area contributed by atoms with Crippen molar-refractivity contribution in [2.45, 2.75) is 18.9 Å². The molecule has 0 bridgehead atoms. The molecule has 0 N–H and O–H groups in total. The van der Waals surface area contributed by atoms with Crippen molar-refractivity contribution in [2.24, 2.45) is 0 Å². The first-order valence-corrected chi connectivity index (χ1v) is 6.58. The van der Waals surface area contributed by atoms with Crippen LogP contribution >= 0.6 is 27.3 Å². The molecule has 14 heavy (non-hydrogen) atoms. The standard InChI is InChI=1S/C9H11BrN2OS/c10-4-7-2-1-3-12(7)9(13)8-5-11-6-14-8/h5-7H,1-4H2. The van der Waals surface area contributed by atoms with E-state index in [-0.39, 0.29) is 5.91 Å². The van der Waals surface area contributed by atoms with Gasteiger partial charge in [-0.15, -0.1) is 11.3 Å². The van der Waals surface area contributed by atoms with Gasteiger partial charge in [-0.25, -0.2) is 0 Å². The summed E-state index contributed by atoms with van der Waals surface area (Å²) in [4.78, 5) is 18.6. The van der Waals surface area contributed by atoms with Crippen molar-refractivity contribution >= 4 is 33.2 Å². The lowest BCUT2D eigenvalue weighted by molar-refractivity contribution is 0.0755. The molecule has 0 saturated carbocycles. The first kappa shape index (κ1) is 10.1. The Hall–Kier alpha value is -0.420. The lowest BCUT2D eigenvalue weighted by Gasteiger charge is -2.21. The third-order valence-corrected chi connectivity index (χ3v) is 3.97. The van der Waals surface area contributed by atoms with E-state index in [0.717, 1.165) is 29.6 Å². The van der Waals surface area contributed by atoms with Crippen LogP contribution in [0, 0.1) is 0 Å². The molecule has 0 spiro atoms. The minimum Gasteiger partial charge on any atom is -0.334 e. The van der Waals surface area contributed by atoms with E-state index < -0.39 is 0 Å². The zero-order chi connectivity index (χ0) is 9.97. The molecule has 1 fully saturated rings. The average molecular weight is 275 g/mol. The van der Waals surface area contributed by atoms with E-state index in [4.69, 9.17) is 0 Å². The van der Waals surface area contributed by atoms with Gasteiger partial charge in [-0.05, 0) is 12.8 Å². The number of hydrogen-bond acceptors (Lipinski definition) is 3. The first-order valence-electron chi connectivity index (χ1n) is 4.58. The molecule has 3 nitrogen and oxygen atoms in total. The third kappa shape index (κ3) is 1.83. The monoisotopic (exact) mass is 274 g/mol. The highest BCUT2D eigenvalue weighted by Gasteiger charge is 2.28. The molecule has 2 rings (SSSR count). The smallest absolute Gasteiger partial charge is 0.265 e. The molecule has 5 heteroatoms. The van der Waals surface area contributed by atoms with E-state index in [1.54, 1.807) is 11.7 Å². The largest absolute Gasteiger partial charge is 0.334 e. The van der Waals surface area contributed by atoms with Crippen LogP contribution in [0.15, 0.2) is 11.7 Å². The summed E-state index contributed by atoms with van der Waals surface area (Å²) in [5, 5.41) is 0.873. The van der Waals surface area contributed by atoms with Crippen molar-refractivity contribution in [1.82, 2.24) is 9.88 Å².